The van der Waals surface area contributed by atoms with Crippen molar-refractivity contribution in [3.05, 3.63) is 47.4 Å². The molecule has 0 spiro atoms. The number of hydrazine groups is 1. The molecule has 132 valence electrons. The van der Waals surface area contributed by atoms with Gasteiger partial charge in [-0.2, -0.15) is 5.26 Å². The average molecular weight is 355 g/mol. The van der Waals surface area contributed by atoms with Crippen molar-refractivity contribution >= 4 is 25.0 Å². The van der Waals surface area contributed by atoms with Crippen LogP contribution in [-0.2, 0) is 11.2 Å². The number of amides is 1. The fraction of sp³-hybridized carbons (Fsp3) is 0.294. The smallest absolute Gasteiger partial charge is 0.243 e. The molecule has 6 nitrogen and oxygen atoms in total. The van der Waals surface area contributed by atoms with E-state index in [1.165, 1.54) is 17.3 Å². The predicted molar refractivity (Wildman–Crippen MR) is 92.5 cm³/mol. The van der Waals surface area contributed by atoms with E-state index in [9.17, 15) is 13.6 Å². The van der Waals surface area contributed by atoms with Crippen LogP contribution in [0.25, 0.3) is 0 Å². The fourth-order valence-electron chi connectivity index (χ4n) is 2.25. The Morgan fingerprint density at radius 1 is 1.38 bits per heavy atom. The van der Waals surface area contributed by atoms with E-state index in [1.54, 1.807) is 6.07 Å². The Balaban J connectivity index is 2.26. The molecule has 0 bridgehead atoms. The van der Waals surface area contributed by atoms with E-state index in [-0.39, 0.29) is 28.6 Å². The predicted octanol–water partition coefficient (Wildman–Crippen LogP) is 1.16. The average Bonchev–Trinajstić information content (AvgIpc) is 2.58. The fourth-order valence-corrected chi connectivity index (χ4v) is 2.25. The molecule has 1 aromatic carbocycles. The number of hydrogen-bond acceptors (Lipinski definition) is 5. The van der Waals surface area contributed by atoms with Gasteiger partial charge in [0.05, 0.1) is 6.42 Å². The molecular weight excluding hydrogens is 339 g/mol. The quantitative estimate of drug-likeness (QED) is 0.621. The van der Waals surface area contributed by atoms with Gasteiger partial charge in [0.15, 0.2) is 0 Å². The summed E-state index contributed by atoms with van der Waals surface area (Å²) in [6.45, 7) is 4.12. The monoisotopic (exact) mass is 355 g/mol. The van der Waals surface area contributed by atoms with Crippen LogP contribution in [0.15, 0.2) is 24.4 Å². The number of carbonyl (C=O) groups excluding carboxylic acids is 1. The molecule has 2 radical (unpaired) electrons. The summed E-state index contributed by atoms with van der Waals surface area (Å²) in [5.74, 6) is -2.12. The van der Waals surface area contributed by atoms with Crippen LogP contribution in [0.2, 0.25) is 0 Å². The van der Waals surface area contributed by atoms with E-state index in [2.05, 4.69) is 15.4 Å². The molecule has 0 atom stereocenters. The van der Waals surface area contributed by atoms with Crippen molar-refractivity contribution in [2.75, 3.05) is 11.6 Å². The molecule has 1 heterocycles. The van der Waals surface area contributed by atoms with Crippen molar-refractivity contribution in [2.45, 2.75) is 20.3 Å². The van der Waals surface area contributed by atoms with Gasteiger partial charge in [-0.05, 0) is 23.5 Å². The van der Waals surface area contributed by atoms with E-state index < -0.39 is 24.0 Å². The van der Waals surface area contributed by atoms with E-state index in [4.69, 9.17) is 13.1 Å². The Kier molecular flexibility index (Phi) is 6.23. The molecule has 0 saturated heterocycles. The number of carbonyl (C=O) groups is 1. The van der Waals surface area contributed by atoms with Crippen LogP contribution in [0.5, 0.6) is 0 Å². The van der Waals surface area contributed by atoms with Gasteiger partial charge in [0.2, 0.25) is 11.7 Å². The number of rotatable bonds is 6. The zero-order valence-corrected chi connectivity index (χ0v) is 14.3. The molecular formula is C17H16BF2N5O. The van der Waals surface area contributed by atoms with Crippen molar-refractivity contribution < 1.29 is 13.6 Å². The highest BCUT2D eigenvalue weighted by atomic mass is 19.1. The zero-order chi connectivity index (χ0) is 19.3. The molecule has 2 rings (SSSR count). The van der Waals surface area contributed by atoms with Crippen molar-refractivity contribution in [3.8, 4) is 6.07 Å². The third-order valence-electron chi connectivity index (χ3n) is 3.36. The molecule has 2 aromatic rings. The number of halogens is 2. The first-order valence-corrected chi connectivity index (χ1v) is 7.84. The lowest BCUT2D eigenvalue weighted by molar-refractivity contribution is -0.120. The normalized spacial score (nSPS) is 10.5. The molecule has 0 saturated carbocycles. The molecule has 0 unspecified atom stereocenters. The SMILES string of the molecule is [B]c1cnc(C#N)nc1N(CC(C)C)NC(=O)Cc1c(F)cccc1F. The van der Waals surface area contributed by atoms with Gasteiger partial charge in [-0.25, -0.2) is 18.7 Å². The lowest BCUT2D eigenvalue weighted by atomic mass is 9.98. The van der Waals surface area contributed by atoms with Crippen LogP contribution < -0.4 is 15.9 Å². The Hall–Kier alpha value is -3.02. The number of aromatic nitrogens is 2. The van der Waals surface area contributed by atoms with Crippen LogP contribution in [0.1, 0.15) is 25.2 Å². The van der Waals surface area contributed by atoms with Gasteiger partial charge in [0.1, 0.15) is 31.4 Å². The minimum absolute atomic E-state index is 0.0976. The van der Waals surface area contributed by atoms with Gasteiger partial charge in [-0.1, -0.05) is 19.9 Å². The van der Waals surface area contributed by atoms with E-state index in [1.807, 2.05) is 13.8 Å². The summed E-state index contributed by atoms with van der Waals surface area (Å²) in [5.41, 5.74) is 2.37. The summed E-state index contributed by atoms with van der Waals surface area (Å²) < 4.78 is 27.5. The van der Waals surface area contributed by atoms with Crippen LogP contribution in [0, 0.1) is 28.9 Å². The molecule has 1 aromatic heterocycles. The molecule has 0 aliphatic heterocycles. The maximum Gasteiger partial charge on any atom is 0.243 e. The number of benzene rings is 1. The number of nitrogens with zero attached hydrogens (tertiary/aromatic N) is 4. The maximum absolute atomic E-state index is 13.7. The third kappa shape index (κ3) is 4.75. The molecule has 0 aliphatic rings. The standard InChI is InChI=1S/C17H16BF2N5O/c1-10(2)9-25(17-12(18)8-22-15(7-21)23-17)24-16(26)6-11-13(19)4-3-5-14(11)20/h3-5,8,10H,6,9H2,1-2H3,(H,24,26). The summed E-state index contributed by atoms with van der Waals surface area (Å²) in [6, 6.07) is 5.18. The second kappa shape index (κ2) is 8.38. The second-order valence-corrected chi connectivity index (χ2v) is 6.00. The van der Waals surface area contributed by atoms with E-state index >= 15 is 0 Å². The Morgan fingerprint density at radius 3 is 2.62 bits per heavy atom. The number of anilines is 1. The largest absolute Gasteiger partial charge is 0.273 e. The third-order valence-corrected chi connectivity index (χ3v) is 3.36. The van der Waals surface area contributed by atoms with Crippen molar-refractivity contribution in [1.29, 1.82) is 5.26 Å². The lowest BCUT2D eigenvalue weighted by Crippen LogP contribution is -2.47. The summed E-state index contributed by atoms with van der Waals surface area (Å²) in [5, 5.41) is 10.3. The molecule has 0 aliphatic carbocycles. The maximum atomic E-state index is 13.7. The van der Waals surface area contributed by atoms with Crippen LogP contribution in [0.3, 0.4) is 0 Å². The molecule has 0 fully saturated rings. The topological polar surface area (TPSA) is 81.9 Å². The second-order valence-electron chi connectivity index (χ2n) is 6.00. The first kappa shape index (κ1) is 19.3. The molecule has 1 N–H and O–H groups in total. The summed E-state index contributed by atoms with van der Waals surface area (Å²) in [4.78, 5) is 20.1. The first-order chi connectivity index (χ1) is 12.3. The van der Waals surface area contributed by atoms with Crippen molar-refractivity contribution in [3.63, 3.8) is 0 Å². The van der Waals surface area contributed by atoms with Gasteiger partial charge in [-0.3, -0.25) is 15.2 Å². The highest BCUT2D eigenvalue weighted by molar-refractivity contribution is 6.35. The lowest BCUT2D eigenvalue weighted by Gasteiger charge is -2.27. The van der Waals surface area contributed by atoms with Crippen LogP contribution in [0.4, 0.5) is 14.6 Å². The van der Waals surface area contributed by atoms with Crippen molar-refractivity contribution in [1.82, 2.24) is 15.4 Å². The van der Waals surface area contributed by atoms with Crippen molar-refractivity contribution in [2.24, 2.45) is 5.92 Å². The van der Waals surface area contributed by atoms with Gasteiger partial charge >= 0.3 is 0 Å². The highest BCUT2D eigenvalue weighted by Crippen LogP contribution is 2.13. The molecule has 26 heavy (non-hydrogen) atoms. The summed E-state index contributed by atoms with van der Waals surface area (Å²) >= 11 is 0. The zero-order valence-electron chi connectivity index (χ0n) is 14.3. The minimum Gasteiger partial charge on any atom is -0.273 e. The number of hydrogen-bond donors (Lipinski definition) is 1. The number of nitriles is 1. The first-order valence-electron chi connectivity index (χ1n) is 7.84. The van der Waals surface area contributed by atoms with Gasteiger partial charge in [-0.15, -0.1) is 0 Å². The van der Waals surface area contributed by atoms with E-state index in [0.717, 1.165) is 12.1 Å². The summed E-state index contributed by atoms with van der Waals surface area (Å²) in [7, 11) is 5.85. The van der Waals surface area contributed by atoms with E-state index in [0.29, 0.717) is 6.54 Å². The van der Waals surface area contributed by atoms with Crippen LogP contribution in [-0.4, -0.2) is 30.3 Å². The minimum atomic E-state index is -0.802. The van der Waals surface area contributed by atoms with Gasteiger partial charge in [0.25, 0.3) is 0 Å². The number of nitrogens with one attached hydrogen (secondary N) is 1. The Morgan fingerprint density at radius 2 is 2.04 bits per heavy atom. The van der Waals surface area contributed by atoms with Gasteiger partial charge < -0.3 is 0 Å². The summed E-state index contributed by atoms with van der Waals surface area (Å²) in [6.07, 6.45) is 0.764. The molecule has 9 heteroatoms. The highest BCUT2D eigenvalue weighted by Gasteiger charge is 2.19. The molecule has 1 amide bonds. The Labute approximate surface area is 151 Å². The van der Waals surface area contributed by atoms with Gasteiger partial charge in [0, 0.05) is 18.3 Å². The van der Waals surface area contributed by atoms with Crippen LogP contribution >= 0.6 is 0 Å². The Bertz CT molecular complexity index is 833.